The van der Waals surface area contributed by atoms with E-state index < -0.39 is 0 Å². The molecule has 0 unspecified atom stereocenters. The molecule has 1 aromatic rings. The van der Waals surface area contributed by atoms with E-state index in [1.165, 1.54) is 0 Å². The molecule has 1 N–H and O–H groups in total. The summed E-state index contributed by atoms with van der Waals surface area (Å²) in [7, 11) is 0. The Balaban J connectivity index is 2.15. The lowest BCUT2D eigenvalue weighted by molar-refractivity contribution is -0.126. The molecule has 0 aromatic heterocycles. The topological polar surface area (TPSA) is 49.4 Å². The van der Waals surface area contributed by atoms with Crippen LogP contribution in [0.2, 0.25) is 0 Å². The van der Waals surface area contributed by atoms with Gasteiger partial charge in [-0.1, -0.05) is 15.9 Å². The van der Waals surface area contributed by atoms with Crippen LogP contribution < -0.4 is 10.2 Å². The summed E-state index contributed by atoms with van der Waals surface area (Å²) in [5.74, 6) is -0.262. The standard InChI is InChI=1S/C14H17BrN2O2/c1-3-16-14(19)10-7-13(18)17(8-10)11-4-5-12(15)9(2)6-11/h4-6,10H,3,7-8H2,1-2H3,(H,16,19)/t10-/m0/s1. The maximum Gasteiger partial charge on any atom is 0.227 e. The molecule has 0 aliphatic carbocycles. The van der Waals surface area contributed by atoms with Gasteiger partial charge in [0.25, 0.3) is 0 Å². The Morgan fingerprint density at radius 3 is 2.89 bits per heavy atom. The molecule has 1 aliphatic rings. The summed E-state index contributed by atoms with van der Waals surface area (Å²) in [5.41, 5.74) is 1.93. The zero-order valence-corrected chi connectivity index (χ0v) is 12.7. The number of amides is 2. The Kier molecular flexibility index (Phi) is 4.24. The summed E-state index contributed by atoms with van der Waals surface area (Å²) >= 11 is 3.44. The Morgan fingerprint density at radius 1 is 1.53 bits per heavy atom. The van der Waals surface area contributed by atoms with Gasteiger partial charge in [0.15, 0.2) is 0 Å². The second-order valence-corrected chi connectivity index (χ2v) is 5.59. The minimum Gasteiger partial charge on any atom is -0.356 e. The molecule has 0 radical (unpaired) electrons. The van der Waals surface area contributed by atoms with E-state index in [0.717, 1.165) is 15.7 Å². The predicted octanol–water partition coefficient (Wildman–Crippen LogP) is 2.25. The smallest absolute Gasteiger partial charge is 0.227 e. The van der Waals surface area contributed by atoms with Crippen molar-refractivity contribution < 1.29 is 9.59 Å². The fourth-order valence-corrected chi connectivity index (χ4v) is 2.49. The molecule has 0 saturated carbocycles. The van der Waals surface area contributed by atoms with Crippen molar-refractivity contribution >= 4 is 33.4 Å². The molecular formula is C14H17BrN2O2. The van der Waals surface area contributed by atoms with Crippen LogP contribution in [0.4, 0.5) is 5.69 Å². The maximum atomic E-state index is 12.0. The predicted molar refractivity (Wildman–Crippen MR) is 78.0 cm³/mol. The summed E-state index contributed by atoms with van der Waals surface area (Å²) in [5, 5.41) is 2.78. The van der Waals surface area contributed by atoms with Gasteiger partial charge in [-0.05, 0) is 37.6 Å². The van der Waals surface area contributed by atoms with Gasteiger partial charge >= 0.3 is 0 Å². The van der Waals surface area contributed by atoms with Crippen molar-refractivity contribution in [2.24, 2.45) is 5.92 Å². The van der Waals surface area contributed by atoms with Crippen LogP contribution in [-0.4, -0.2) is 24.9 Å². The molecule has 2 amide bonds. The third-order valence-electron chi connectivity index (χ3n) is 3.30. The van der Waals surface area contributed by atoms with Crippen molar-refractivity contribution in [3.05, 3.63) is 28.2 Å². The van der Waals surface area contributed by atoms with Crippen LogP contribution in [0.1, 0.15) is 18.9 Å². The Bertz CT molecular complexity index is 516. The number of nitrogens with one attached hydrogen (secondary N) is 1. The highest BCUT2D eigenvalue weighted by atomic mass is 79.9. The largest absolute Gasteiger partial charge is 0.356 e. The molecule has 0 spiro atoms. The number of anilines is 1. The average Bonchev–Trinajstić information content (AvgIpc) is 2.75. The molecule has 19 heavy (non-hydrogen) atoms. The highest BCUT2D eigenvalue weighted by Crippen LogP contribution is 2.28. The third-order valence-corrected chi connectivity index (χ3v) is 4.19. The highest BCUT2D eigenvalue weighted by Gasteiger charge is 2.34. The molecule has 1 heterocycles. The molecule has 102 valence electrons. The third kappa shape index (κ3) is 2.97. The van der Waals surface area contributed by atoms with Gasteiger partial charge in [-0.3, -0.25) is 9.59 Å². The minimum atomic E-state index is -0.239. The Morgan fingerprint density at radius 2 is 2.26 bits per heavy atom. The molecule has 1 aromatic carbocycles. The van der Waals surface area contributed by atoms with Crippen LogP contribution >= 0.6 is 15.9 Å². The van der Waals surface area contributed by atoms with E-state index in [1.807, 2.05) is 32.0 Å². The monoisotopic (exact) mass is 324 g/mol. The zero-order chi connectivity index (χ0) is 14.0. The molecule has 1 saturated heterocycles. The number of benzene rings is 1. The van der Waals surface area contributed by atoms with E-state index in [0.29, 0.717) is 19.5 Å². The van der Waals surface area contributed by atoms with Crippen molar-refractivity contribution in [3.8, 4) is 0 Å². The molecule has 1 atom stereocenters. The summed E-state index contributed by atoms with van der Waals surface area (Å²) in [6, 6.07) is 5.79. The van der Waals surface area contributed by atoms with Crippen molar-refractivity contribution in [3.63, 3.8) is 0 Å². The van der Waals surface area contributed by atoms with Crippen LogP contribution in [0.15, 0.2) is 22.7 Å². The lowest BCUT2D eigenvalue weighted by Crippen LogP contribution is -2.32. The van der Waals surface area contributed by atoms with Gasteiger partial charge in [-0.2, -0.15) is 0 Å². The second kappa shape index (κ2) is 5.74. The molecule has 1 aliphatic heterocycles. The summed E-state index contributed by atoms with van der Waals surface area (Å²) < 4.78 is 1.02. The maximum absolute atomic E-state index is 12.0. The number of hydrogen-bond acceptors (Lipinski definition) is 2. The normalized spacial score (nSPS) is 18.8. The molecule has 1 fully saturated rings. The fraction of sp³-hybridized carbons (Fsp3) is 0.429. The first-order chi connectivity index (χ1) is 9.02. The average molecular weight is 325 g/mol. The summed E-state index contributed by atoms with van der Waals surface area (Å²) in [4.78, 5) is 25.5. The van der Waals surface area contributed by atoms with Crippen LogP contribution in [0.3, 0.4) is 0 Å². The lowest BCUT2D eigenvalue weighted by atomic mass is 10.1. The van der Waals surface area contributed by atoms with E-state index in [4.69, 9.17) is 0 Å². The second-order valence-electron chi connectivity index (χ2n) is 4.73. The molecule has 5 heteroatoms. The van der Waals surface area contributed by atoms with Crippen molar-refractivity contribution in [2.75, 3.05) is 18.0 Å². The first-order valence-electron chi connectivity index (χ1n) is 6.37. The lowest BCUT2D eigenvalue weighted by Gasteiger charge is -2.17. The molecule has 2 rings (SSSR count). The van der Waals surface area contributed by atoms with E-state index in [1.54, 1.807) is 4.90 Å². The SMILES string of the molecule is CCNC(=O)[C@H]1CC(=O)N(c2ccc(Br)c(C)c2)C1. The Hall–Kier alpha value is -1.36. The van der Waals surface area contributed by atoms with Gasteiger partial charge in [0, 0.05) is 29.7 Å². The number of aryl methyl sites for hydroxylation is 1. The van der Waals surface area contributed by atoms with E-state index in [2.05, 4.69) is 21.2 Å². The fourth-order valence-electron chi connectivity index (χ4n) is 2.25. The zero-order valence-electron chi connectivity index (χ0n) is 11.1. The van der Waals surface area contributed by atoms with Crippen molar-refractivity contribution in [1.29, 1.82) is 0 Å². The van der Waals surface area contributed by atoms with Crippen LogP contribution in [-0.2, 0) is 9.59 Å². The number of hydrogen-bond donors (Lipinski definition) is 1. The van der Waals surface area contributed by atoms with E-state index in [9.17, 15) is 9.59 Å². The van der Waals surface area contributed by atoms with Gasteiger partial charge in [0.2, 0.25) is 11.8 Å². The van der Waals surface area contributed by atoms with Gasteiger partial charge < -0.3 is 10.2 Å². The van der Waals surface area contributed by atoms with E-state index in [-0.39, 0.29) is 17.7 Å². The highest BCUT2D eigenvalue weighted by molar-refractivity contribution is 9.10. The molecule has 0 bridgehead atoms. The van der Waals surface area contributed by atoms with Gasteiger partial charge in [-0.25, -0.2) is 0 Å². The Labute approximate surface area is 121 Å². The number of carbonyl (C=O) groups is 2. The van der Waals surface area contributed by atoms with Gasteiger partial charge in [0.1, 0.15) is 0 Å². The minimum absolute atomic E-state index is 0.0120. The first kappa shape index (κ1) is 14.1. The van der Waals surface area contributed by atoms with Crippen LogP contribution in [0.25, 0.3) is 0 Å². The van der Waals surface area contributed by atoms with Gasteiger partial charge in [0.05, 0.1) is 5.92 Å². The number of carbonyl (C=O) groups excluding carboxylic acids is 2. The van der Waals surface area contributed by atoms with Crippen molar-refractivity contribution in [2.45, 2.75) is 20.3 Å². The summed E-state index contributed by atoms with van der Waals surface area (Å²) in [6.07, 6.45) is 0.293. The molecular weight excluding hydrogens is 308 g/mol. The van der Waals surface area contributed by atoms with Crippen molar-refractivity contribution in [1.82, 2.24) is 5.32 Å². The van der Waals surface area contributed by atoms with Gasteiger partial charge in [-0.15, -0.1) is 0 Å². The molecule has 4 nitrogen and oxygen atoms in total. The van der Waals surface area contributed by atoms with E-state index >= 15 is 0 Å². The quantitative estimate of drug-likeness (QED) is 0.927. The number of rotatable bonds is 3. The number of nitrogens with zero attached hydrogens (tertiary/aromatic N) is 1. The van der Waals surface area contributed by atoms with Crippen LogP contribution in [0, 0.1) is 12.8 Å². The number of halogens is 1. The summed E-state index contributed by atoms with van der Waals surface area (Å²) in [6.45, 7) is 4.92. The van der Waals surface area contributed by atoms with Crippen LogP contribution in [0.5, 0.6) is 0 Å². The first-order valence-corrected chi connectivity index (χ1v) is 7.16.